The zero-order valence-corrected chi connectivity index (χ0v) is 12.1. The predicted molar refractivity (Wildman–Crippen MR) is 77.2 cm³/mol. The molecule has 0 aliphatic rings. The first-order valence-corrected chi connectivity index (χ1v) is 6.80. The summed E-state index contributed by atoms with van der Waals surface area (Å²) in [6.45, 7) is -0.334. The standard InChI is InChI=1S/C15H11F3N4O2/c16-15(17,18)24-12-5-3-11(4-6-12)22-14(13(9-23)20-21-22)10-2-1-7-19-8-10/h1-8,23H,9H2. The van der Waals surface area contributed by atoms with Crippen LogP contribution >= 0.6 is 0 Å². The van der Waals surface area contributed by atoms with Gasteiger partial charge < -0.3 is 9.84 Å². The van der Waals surface area contributed by atoms with E-state index in [1.807, 2.05) is 0 Å². The average Bonchev–Trinajstić information content (AvgIpc) is 2.99. The smallest absolute Gasteiger partial charge is 0.406 e. The number of aliphatic hydroxyl groups is 1. The molecule has 3 rings (SSSR count). The maximum Gasteiger partial charge on any atom is 0.573 e. The number of hydrogen-bond donors (Lipinski definition) is 1. The van der Waals surface area contributed by atoms with Gasteiger partial charge in [-0.3, -0.25) is 4.98 Å². The van der Waals surface area contributed by atoms with Crippen LogP contribution in [0.3, 0.4) is 0 Å². The molecule has 0 amide bonds. The fourth-order valence-corrected chi connectivity index (χ4v) is 2.18. The van der Waals surface area contributed by atoms with Crippen LogP contribution in [0.1, 0.15) is 5.69 Å². The molecule has 0 fully saturated rings. The quantitative estimate of drug-likeness (QED) is 0.793. The third-order valence-corrected chi connectivity index (χ3v) is 3.14. The number of rotatable bonds is 4. The summed E-state index contributed by atoms with van der Waals surface area (Å²) >= 11 is 0. The number of halogens is 3. The Kier molecular flexibility index (Phi) is 4.17. The molecule has 0 aliphatic carbocycles. The summed E-state index contributed by atoms with van der Waals surface area (Å²) in [6, 6.07) is 8.66. The number of hydrogen-bond acceptors (Lipinski definition) is 5. The number of nitrogens with zero attached hydrogens (tertiary/aromatic N) is 4. The molecular formula is C15H11F3N4O2. The second-order valence-corrected chi connectivity index (χ2v) is 4.74. The van der Waals surface area contributed by atoms with E-state index in [4.69, 9.17) is 0 Å². The molecule has 2 aromatic heterocycles. The third-order valence-electron chi connectivity index (χ3n) is 3.14. The van der Waals surface area contributed by atoms with Crippen molar-refractivity contribution in [1.29, 1.82) is 0 Å². The minimum atomic E-state index is -4.75. The van der Waals surface area contributed by atoms with Gasteiger partial charge in [0.2, 0.25) is 0 Å². The number of aromatic nitrogens is 4. The molecule has 24 heavy (non-hydrogen) atoms. The highest BCUT2D eigenvalue weighted by molar-refractivity contribution is 5.63. The highest BCUT2D eigenvalue weighted by Crippen LogP contribution is 2.27. The lowest BCUT2D eigenvalue weighted by Crippen LogP contribution is -2.17. The van der Waals surface area contributed by atoms with Crippen LogP contribution in [0.25, 0.3) is 16.9 Å². The molecule has 1 aromatic carbocycles. The second kappa shape index (κ2) is 6.28. The van der Waals surface area contributed by atoms with E-state index < -0.39 is 6.36 Å². The fourth-order valence-electron chi connectivity index (χ4n) is 2.18. The summed E-state index contributed by atoms with van der Waals surface area (Å²) in [5.74, 6) is -0.336. The molecule has 2 heterocycles. The lowest BCUT2D eigenvalue weighted by Gasteiger charge is -2.10. The Morgan fingerprint density at radius 1 is 1.12 bits per heavy atom. The van der Waals surface area contributed by atoms with E-state index in [0.29, 0.717) is 22.6 Å². The van der Waals surface area contributed by atoms with Crippen molar-refractivity contribution in [1.82, 2.24) is 20.0 Å². The van der Waals surface area contributed by atoms with Crippen molar-refractivity contribution in [2.75, 3.05) is 0 Å². The summed E-state index contributed by atoms with van der Waals surface area (Å²) in [6.07, 6.45) is -1.57. The molecule has 9 heteroatoms. The van der Waals surface area contributed by atoms with Gasteiger partial charge in [-0.25, -0.2) is 4.68 Å². The molecule has 0 unspecified atom stereocenters. The summed E-state index contributed by atoms with van der Waals surface area (Å²) in [4.78, 5) is 4.01. The number of pyridine rings is 1. The van der Waals surface area contributed by atoms with E-state index in [2.05, 4.69) is 20.0 Å². The van der Waals surface area contributed by atoms with E-state index in [0.717, 1.165) is 0 Å². The number of benzene rings is 1. The first-order valence-electron chi connectivity index (χ1n) is 6.80. The van der Waals surface area contributed by atoms with E-state index in [9.17, 15) is 18.3 Å². The van der Waals surface area contributed by atoms with E-state index in [-0.39, 0.29) is 12.4 Å². The van der Waals surface area contributed by atoms with Crippen LogP contribution < -0.4 is 4.74 Å². The zero-order chi connectivity index (χ0) is 17.2. The SMILES string of the molecule is OCc1nnn(-c2ccc(OC(F)(F)F)cc2)c1-c1cccnc1. The summed E-state index contributed by atoms with van der Waals surface area (Å²) in [7, 11) is 0. The van der Waals surface area contributed by atoms with E-state index in [1.54, 1.807) is 24.5 Å². The number of ether oxygens (including phenoxy) is 1. The van der Waals surface area contributed by atoms with Gasteiger partial charge in [-0.2, -0.15) is 0 Å². The predicted octanol–water partition coefficient (Wildman–Crippen LogP) is 2.72. The molecule has 1 N–H and O–H groups in total. The van der Waals surface area contributed by atoms with Gasteiger partial charge in [0.25, 0.3) is 0 Å². The molecule has 0 saturated heterocycles. The Labute approximate surface area is 134 Å². The van der Waals surface area contributed by atoms with Crippen LogP contribution in [0.4, 0.5) is 13.2 Å². The molecule has 0 radical (unpaired) electrons. The summed E-state index contributed by atoms with van der Waals surface area (Å²) in [5.41, 5.74) is 1.98. The Hall–Kier alpha value is -2.94. The normalized spacial score (nSPS) is 11.5. The highest BCUT2D eigenvalue weighted by atomic mass is 19.4. The average molecular weight is 336 g/mol. The number of alkyl halides is 3. The molecule has 124 valence electrons. The van der Waals surface area contributed by atoms with Gasteiger partial charge in [0.15, 0.2) is 0 Å². The van der Waals surface area contributed by atoms with Gasteiger partial charge in [-0.1, -0.05) is 5.21 Å². The minimum absolute atomic E-state index is 0.332. The lowest BCUT2D eigenvalue weighted by atomic mass is 10.1. The Morgan fingerprint density at radius 2 is 1.88 bits per heavy atom. The van der Waals surface area contributed by atoms with Crippen LogP contribution in [-0.2, 0) is 6.61 Å². The zero-order valence-electron chi connectivity index (χ0n) is 12.1. The topological polar surface area (TPSA) is 73.1 Å². The fraction of sp³-hybridized carbons (Fsp3) is 0.133. The second-order valence-electron chi connectivity index (χ2n) is 4.74. The van der Waals surface area contributed by atoms with Crippen molar-refractivity contribution >= 4 is 0 Å². The van der Waals surface area contributed by atoms with Crippen molar-refractivity contribution < 1.29 is 23.0 Å². The van der Waals surface area contributed by atoms with Gasteiger partial charge in [0.1, 0.15) is 17.1 Å². The van der Waals surface area contributed by atoms with Crippen molar-refractivity contribution in [2.45, 2.75) is 13.0 Å². The van der Waals surface area contributed by atoms with E-state index in [1.165, 1.54) is 28.9 Å². The van der Waals surface area contributed by atoms with Gasteiger partial charge in [-0.05, 0) is 36.4 Å². The summed E-state index contributed by atoms with van der Waals surface area (Å²) in [5, 5.41) is 17.3. The molecule has 0 bridgehead atoms. The van der Waals surface area contributed by atoms with Crippen LogP contribution in [0.15, 0.2) is 48.8 Å². The van der Waals surface area contributed by atoms with Gasteiger partial charge in [-0.15, -0.1) is 18.3 Å². The molecule has 0 saturated carbocycles. The monoisotopic (exact) mass is 336 g/mol. The molecule has 0 aliphatic heterocycles. The molecule has 6 nitrogen and oxygen atoms in total. The van der Waals surface area contributed by atoms with Gasteiger partial charge >= 0.3 is 6.36 Å². The first kappa shape index (κ1) is 15.9. The van der Waals surface area contributed by atoms with Crippen molar-refractivity contribution in [3.63, 3.8) is 0 Å². The van der Waals surface area contributed by atoms with Gasteiger partial charge in [0.05, 0.1) is 12.3 Å². The number of aliphatic hydroxyl groups excluding tert-OH is 1. The largest absolute Gasteiger partial charge is 0.573 e. The molecular weight excluding hydrogens is 325 g/mol. The third kappa shape index (κ3) is 3.35. The Balaban J connectivity index is 2.00. The highest BCUT2D eigenvalue weighted by Gasteiger charge is 2.31. The van der Waals surface area contributed by atoms with Crippen LogP contribution in [0, 0.1) is 0 Å². The Bertz CT molecular complexity index is 817. The first-order chi connectivity index (χ1) is 11.5. The van der Waals surface area contributed by atoms with Crippen molar-refractivity contribution in [3.8, 4) is 22.7 Å². The van der Waals surface area contributed by atoms with Crippen LogP contribution in [0.2, 0.25) is 0 Å². The molecule has 0 spiro atoms. The lowest BCUT2D eigenvalue weighted by molar-refractivity contribution is -0.274. The Morgan fingerprint density at radius 3 is 2.46 bits per heavy atom. The van der Waals surface area contributed by atoms with Crippen LogP contribution in [0.5, 0.6) is 5.75 Å². The van der Waals surface area contributed by atoms with Gasteiger partial charge in [0, 0.05) is 18.0 Å². The maximum absolute atomic E-state index is 12.2. The molecule has 0 atom stereocenters. The van der Waals surface area contributed by atoms with Crippen molar-refractivity contribution in [3.05, 3.63) is 54.5 Å². The molecule has 3 aromatic rings. The maximum atomic E-state index is 12.2. The van der Waals surface area contributed by atoms with Crippen LogP contribution in [-0.4, -0.2) is 31.4 Å². The van der Waals surface area contributed by atoms with Crippen molar-refractivity contribution in [2.24, 2.45) is 0 Å². The van der Waals surface area contributed by atoms with E-state index >= 15 is 0 Å². The minimum Gasteiger partial charge on any atom is -0.406 e. The summed E-state index contributed by atoms with van der Waals surface area (Å²) < 4.78 is 41.9.